The second-order valence-corrected chi connectivity index (χ2v) is 10.1. The second-order valence-electron chi connectivity index (χ2n) is 9.28. The van der Waals surface area contributed by atoms with E-state index < -0.39 is 41.3 Å². The monoisotopic (exact) mass is 571 g/mol. The van der Waals surface area contributed by atoms with Gasteiger partial charge >= 0.3 is 24.9 Å². The van der Waals surface area contributed by atoms with Gasteiger partial charge in [0.05, 0.1) is 21.4 Å². The molecule has 2 aromatic heterocycles. The summed E-state index contributed by atoms with van der Waals surface area (Å²) in [6.07, 6.45) is 1.66. The molecule has 1 saturated heterocycles. The van der Waals surface area contributed by atoms with Crippen LogP contribution in [0.25, 0.3) is 32.6 Å². The Bertz CT molecular complexity index is 1630. The number of hydrogen-bond acceptors (Lipinski definition) is 8. The first-order chi connectivity index (χ1) is 19.3. The van der Waals surface area contributed by atoms with Gasteiger partial charge in [-0.05, 0) is 61.9 Å². The standard InChI is InChI=1S/C28H25F2N5O4S.Li/c1-2-32-28(39)35-24-16(25(36)15-7-9-31-12-18(15)27(37)38)5-6-19(29)22(24)14-10-17(23-20(30)4-3-8-33-23)26-21(11-14)34-13-40-26;/h3-6,8,10-11,13,15,18,31H,2,7,9,12H2,1H3,(H,37,38)(H2,32,35,39);/q;+1/p-1. The molecule has 206 valence electrons. The van der Waals surface area contributed by atoms with Crippen molar-refractivity contribution in [2.24, 2.45) is 11.8 Å². The maximum Gasteiger partial charge on any atom is 1.00 e. The van der Waals surface area contributed by atoms with Crippen molar-refractivity contribution in [1.82, 2.24) is 20.6 Å². The van der Waals surface area contributed by atoms with Gasteiger partial charge in [0.15, 0.2) is 5.78 Å². The summed E-state index contributed by atoms with van der Waals surface area (Å²) in [5, 5.41) is 19.9. The van der Waals surface area contributed by atoms with Gasteiger partial charge in [-0.1, -0.05) is 0 Å². The van der Waals surface area contributed by atoms with Gasteiger partial charge in [0.25, 0.3) is 0 Å². The third kappa shape index (κ3) is 6.01. The molecular formula is C28H24F2LiN5O4S. The number of carbonyl (C=O) groups excluding carboxylic acids is 3. The Kier molecular flexibility index (Phi) is 9.50. The number of amides is 2. The first-order valence-electron chi connectivity index (χ1n) is 12.6. The van der Waals surface area contributed by atoms with Crippen LogP contribution in [0.5, 0.6) is 0 Å². The van der Waals surface area contributed by atoms with Crippen LogP contribution in [-0.4, -0.2) is 47.4 Å². The third-order valence-electron chi connectivity index (χ3n) is 6.85. The van der Waals surface area contributed by atoms with Crippen LogP contribution in [0, 0.1) is 23.5 Å². The number of nitrogens with one attached hydrogen (secondary N) is 3. The number of halogens is 2. The molecule has 41 heavy (non-hydrogen) atoms. The van der Waals surface area contributed by atoms with E-state index >= 15 is 4.39 Å². The number of aliphatic carboxylic acids is 1. The fourth-order valence-electron chi connectivity index (χ4n) is 5.01. The fraction of sp³-hybridized carbons (Fsp3) is 0.250. The summed E-state index contributed by atoms with van der Waals surface area (Å²) in [6.45, 7) is 2.41. The Labute approximate surface area is 250 Å². The number of piperidine rings is 1. The number of carbonyl (C=O) groups is 3. The van der Waals surface area contributed by atoms with Crippen LogP contribution in [0.3, 0.4) is 0 Å². The molecule has 2 atom stereocenters. The predicted molar refractivity (Wildman–Crippen MR) is 145 cm³/mol. The van der Waals surface area contributed by atoms with Crippen molar-refractivity contribution in [2.75, 3.05) is 25.0 Å². The first kappa shape index (κ1) is 30.3. The number of pyridine rings is 1. The Hall–Kier alpha value is -3.69. The molecule has 0 spiro atoms. The third-order valence-corrected chi connectivity index (χ3v) is 7.73. The minimum absolute atomic E-state index is 0. The molecular weight excluding hydrogens is 547 g/mol. The predicted octanol–water partition coefficient (Wildman–Crippen LogP) is 0.607. The average Bonchev–Trinajstić information content (AvgIpc) is 3.42. The Morgan fingerprint density at radius 3 is 2.66 bits per heavy atom. The number of urea groups is 1. The average molecular weight is 572 g/mol. The molecule has 3 N–H and O–H groups in total. The molecule has 4 aromatic rings. The van der Waals surface area contributed by atoms with Gasteiger partial charge in [0.2, 0.25) is 0 Å². The summed E-state index contributed by atoms with van der Waals surface area (Å²) in [5.41, 5.74) is 2.33. The van der Waals surface area contributed by atoms with E-state index in [1.165, 1.54) is 41.8 Å². The zero-order chi connectivity index (χ0) is 28.4. The Morgan fingerprint density at radius 2 is 1.93 bits per heavy atom. The van der Waals surface area contributed by atoms with E-state index in [1.807, 2.05) is 0 Å². The number of carboxylic acid groups (broad SMARTS) is 1. The number of rotatable bonds is 7. The number of fused-ring (bicyclic) bond motifs is 1. The largest absolute Gasteiger partial charge is 1.00 e. The zero-order valence-corrected chi connectivity index (χ0v) is 23.1. The molecule has 1 fully saturated rings. The summed E-state index contributed by atoms with van der Waals surface area (Å²) in [4.78, 5) is 46.8. The molecule has 0 aliphatic carbocycles. The van der Waals surface area contributed by atoms with Gasteiger partial charge in [0, 0.05) is 53.8 Å². The van der Waals surface area contributed by atoms with E-state index in [4.69, 9.17) is 0 Å². The summed E-state index contributed by atoms with van der Waals surface area (Å²) < 4.78 is 31.1. The van der Waals surface area contributed by atoms with E-state index in [0.717, 1.165) is 6.07 Å². The van der Waals surface area contributed by atoms with Crippen molar-refractivity contribution in [3.05, 3.63) is 65.3 Å². The molecule has 9 nitrogen and oxygen atoms in total. The zero-order valence-electron chi connectivity index (χ0n) is 22.3. The summed E-state index contributed by atoms with van der Waals surface area (Å²) >= 11 is 1.26. The van der Waals surface area contributed by atoms with Gasteiger partial charge in [-0.25, -0.2) is 18.6 Å². The van der Waals surface area contributed by atoms with Crippen molar-refractivity contribution in [3.8, 4) is 22.4 Å². The minimum atomic E-state index is -1.37. The summed E-state index contributed by atoms with van der Waals surface area (Å²) in [5.74, 6) is -5.32. The number of Topliss-reactive ketones (excluding diaryl/α,β-unsaturated/α-hetero) is 1. The number of aromatic nitrogens is 2. The van der Waals surface area contributed by atoms with Crippen LogP contribution < -0.4 is 39.9 Å². The Balaban J connectivity index is 0.00000387. The van der Waals surface area contributed by atoms with E-state index in [9.17, 15) is 23.9 Å². The molecule has 2 aromatic carbocycles. The SMILES string of the molecule is CCNC(=O)Nc1c(C(=O)C2CCNCC2C(=O)[O-])ccc(F)c1-c1cc(-c2ncccc2F)c2scnc2c1.[Li+]. The molecule has 2 amide bonds. The van der Waals surface area contributed by atoms with E-state index in [-0.39, 0.29) is 66.4 Å². The van der Waals surface area contributed by atoms with Gasteiger partial charge in [0.1, 0.15) is 17.3 Å². The molecule has 1 aliphatic heterocycles. The summed E-state index contributed by atoms with van der Waals surface area (Å²) in [6, 6.07) is 7.48. The molecule has 2 unspecified atom stereocenters. The van der Waals surface area contributed by atoms with E-state index in [0.29, 0.717) is 22.3 Å². The van der Waals surface area contributed by atoms with Gasteiger partial charge in [-0.15, -0.1) is 11.3 Å². The van der Waals surface area contributed by atoms with Gasteiger partial charge < -0.3 is 25.9 Å². The van der Waals surface area contributed by atoms with Crippen LogP contribution >= 0.6 is 11.3 Å². The van der Waals surface area contributed by atoms with Crippen LogP contribution in [0.1, 0.15) is 23.7 Å². The smallest absolute Gasteiger partial charge is 0.550 e. The van der Waals surface area contributed by atoms with Crippen LogP contribution in [0.2, 0.25) is 0 Å². The maximum absolute atomic E-state index is 15.7. The van der Waals surface area contributed by atoms with Crippen molar-refractivity contribution in [2.45, 2.75) is 13.3 Å². The molecule has 5 rings (SSSR count). The number of anilines is 1. The molecule has 0 radical (unpaired) electrons. The van der Waals surface area contributed by atoms with Gasteiger partial charge in [-0.3, -0.25) is 9.78 Å². The molecule has 3 heterocycles. The summed E-state index contributed by atoms with van der Waals surface area (Å²) in [7, 11) is 0. The molecule has 1 aliphatic rings. The second kappa shape index (κ2) is 12.9. The van der Waals surface area contributed by atoms with E-state index in [1.54, 1.807) is 18.5 Å². The number of ketones is 1. The molecule has 0 saturated carbocycles. The normalized spacial score (nSPS) is 16.6. The van der Waals surface area contributed by atoms with Crippen LogP contribution in [-0.2, 0) is 4.79 Å². The van der Waals surface area contributed by atoms with Crippen LogP contribution in [0.15, 0.2) is 48.1 Å². The fourth-order valence-corrected chi connectivity index (χ4v) is 5.79. The van der Waals surface area contributed by atoms with Crippen molar-refractivity contribution in [3.63, 3.8) is 0 Å². The molecule has 13 heteroatoms. The number of carboxylic acids is 1. The maximum atomic E-state index is 15.7. The van der Waals surface area contributed by atoms with Crippen molar-refractivity contribution in [1.29, 1.82) is 0 Å². The van der Waals surface area contributed by atoms with Crippen molar-refractivity contribution >= 4 is 45.0 Å². The number of benzene rings is 2. The minimum Gasteiger partial charge on any atom is -0.550 e. The molecule has 0 bridgehead atoms. The van der Waals surface area contributed by atoms with E-state index in [2.05, 4.69) is 25.9 Å². The van der Waals surface area contributed by atoms with Crippen LogP contribution in [0.4, 0.5) is 19.3 Å². The topological polar surface area (TPSA) is 136 Å². The number of hydrogen-bond donors (Lipinski definition) is 3. The first-order valence-corrected chi connectivity index (χ1v) is 13.5. The quantitative estimate of drug-likeness (QED) is 0.219. The van der Waals surface area contributed by atoms with Crippen molar-refractivity contribution < 1.29 is 47.1 Å². The number of nitrogens with zero attached hydrogens (tertiary/aromatic N) is 2. The van der Waals surface area contributed by atoms with Gasteiger partial charge in [-0.2, -0.15) is 0 Å². The Morgan fingerprint density at radius 1 is 1.12 bits per heavy atom. The number of thiazole rings is 1.